The number of pyridine rings is 2. The van der Waals surface area contributed by atoms with Gasteiger partial charge in [-0.05, 0) is 35.2 Å². The van der Waals surface area contributed by atoms with Gasteiger partial charge in [0.2, 0.25) is 0 Å². The fourth-order valence-electron chi connectivity index (χ4n) is 3.20. The molecule has 0 N–H and O–H groups in total. The summed E-state index contributed by atoms with van der Waals surface area (Å²) in [7, 11) is 0. The standard InChI is InChI=1S/C18H10N4O/c23-22-16-8-7-14-12(4-2-10-20-14)18(16)17-11-3-1-9-19-13(11)5-6-15(17)21-22/h1-10H. The first kappa shape index (κ1) is 12.2. The molecule has 0 radical (unpaired) electrons. The lowest BCUT2D eigenvalue weighted by Gasteiger charge is -2.08. The van der Waals surface area contributed by atoms with Gasteiger partial charge in [-0.3, -0.25) is 9.97 Å². The molecule has 5 nitrogen and oxygen atoms in total. The van der Waals surface area contributed by atoms with E-state index in [2.05, 4.69) is 15.1 Å². The predicted octanol–water partition coefficient (Wildman–Crippen LogP) is 3.12. The van der Waals surface area contributed by atoms with Crippen LogP contribution in [0.25, 0.3) is 43.6 Å². The predicted molar refractivity (Wildman–Crippen MR) is 88.8 cm³/mol. The van der Waals surface area contributed by atoms with E-state index in [1.54, 1.807) is 18.5 Å². The van der Waals surface area contributed by atoms with E-state index in [0.29, 0.717) is 15.9 Å². The van der Waals surface area contributed by atoms with Crippen LogP contribution >= 0.6 is 0 Å². The molecule has 0 spiro atoms. The van der Waals surface area contributed by atoms with Gasteiger partial charge in [0.15, 0.2) is 0 Å². The molecule has 2 aromatic carbocycles. The third-order valence-electron chi connectivity index (χ3n) is 4.18. The number of hydrogen-bond donors (Lipinski definition) is 0. The van der Waals surface area contributed by atoms with Crippen LogP contribution in [0.1, 0.15) is 0 Å². The van der Waals surface area contributed by atoms with E-state index >= 15 is 0 Å². The first-order valence-electron chi connectivity index (χ1n) is 7.28. The maximum Gasteiger partial charge on any atom is 0.253 e. The van der Waals surface area contributed by atoms with Crippen LogP contribution in [0.2, 0.25) is 0 Å². The van der Waals surface area contributed by atoms with Crippen LogP contribution in [0, 0.1) is 5.21 Å². The summed E-state index contributed by atoms with van der Waals surface area (Å²) in [6, 6.07) is 15.1. The molecule has 0 saturated carbocycles. The van der Waals surface area contributed by atoms with E-state index in [1.807, 2.05) is 42.5 Å². The second-order valence-electron chi connectivity index (χ2n) is 5.43. The molecule has 0 amide bonds. The van der Waals surface area contributed by atoms with Crippen molar-refractivity contribution in [3.63, 3.8) is 0 Å². The maximum atomic E-state index is 12.3. The summed E-state index contributed by atoms with van der Waals surface area (Å²) < 4.78 is 0. The van der Waals surface area contributed by atoms with Crippen LogP contribution in [-0.4, -0.2) is 15.1 Å². The third kappa shape index (κ3) is 1.61. The highest BCUT2D eigenvalue weighted by Crippen LogP contribution is 2.32. The molecule has 0 aliphatic rings. The Morgan fingerprint density at radius 3 is 2.04 bits per heavy atom. The van der Waals surface area contributed by atoms with Gasteiger partial charge in [-0.15, -0.1) is 0 Å². The lowest BCUT2D eigenvalue weighted by molar-refractivity contribution is -0.639. The monoisotopic (exact) mass is 298 g/mol. The molecular weight excluding hydrogens is 288 g/mol. The number of nitrogens with zero attached hydrogens (tertiary/aromatic N) is 4. The third-order valence-corrected chi connectivity index (χ3v) is 4.18. The quantitative estimate of drug-likeness (QED) is 0.250. The van der Waals surface area contributed by atoms with Crippen molar-refractivity contribution in [1.29, 1.82) is 0 Å². The molecule has 0 fully saturated rings. The van der Waals surface area contributed by atoms with Crippen LogP contribution in [0.3, 0.4) is 0 Å². The summed E-state index contributed by atoms with van der Waals surface area (Å²) in [5.41, 5.74) is 2.93. The first-order chi connectivity index (χ1) is 11.3. The highest BCUT2D eigenvalue weighted by molar-refractivity contribution is 6.24. The number of fused-ring (bicyclic) bond motifs is 7. The van der Waals surface area contributed by atoms with E-state index in [-0.39, 0.29) is 0 Å². The molecule has 3 heterocycles. The largest absolute Gasteiger partial charge is 0.594 e. The Labute approximate surface area is 130 Å². The molecular formula is C18H10N4O. The number of aromatic nitrogens is 4. The molecule has 3 aromatic heterocycles. The maximum absolute atomic E-state index is 12.3. The van der Waals surface area contributed by atoms with Crippen LogP contribution < -0.4 is 4.85 Å². The molecule has 0 bridgehead atoms. The Morgan fingerprint density at radius 2 is 1.30 bits per heavy atom. The van der Waals surface area contributed by atoms with Crippen molar-refractivity contribution in [2.75, 3.05) is 0 Å². The lowest BCUT2D eigenvalue weighted by Crippen LogP contribution is -2.31. The van der Waals surface area contributed by atoms with Gasteiger partial charge < -0.3 is 5.21 Å². The van der Waals surface area contributed by atoms with Crippen LogP contribution in [0.4, 0.5) is 0 Å². The van der Waals surface area contributed by atoms with Gasteiger partial charge in [0.05, 0.1) is 16.4 Å². The summed E-state index contributed by atoms with van der Waals surface area (Å²) in [6.45, 7) is 0. The Hall–Kier alpha value is -3.34. The van der Waals surface area contributed by atoms with Crippen molar-refractivity contribution < 1.29 is 4.85 Å². The Balaban J connectivity index is 2.21. The summed E-state index contributed by atoms with van der Waals surface area (Å²) in [6.07, 6.45) is 3.52. The second kappa shape index (κ2) is 4.33. The van der Waals surface area contributed by atoms with Gasteiger partial charge in [0.1, 0.15) is 5.52 Å². The Kier molecular flexibility index (Phi) is 2.30. The zero-order chi connectivity index (χ0) is 15.4. The molecule has 5 aromatic rings. The summed E-state index contributed by atoms with van der Waals surface area (Å²) in [5, 5.41) is 20.3. The van der Waals surface area contributed by atoms with Gasteiger partial charge >= 0.3 is 0 Å². The zero-order valence-electron chi connectivity index (χ0n) is 12.0. The smallest absolute Gasteiger partial charge is 0.253 e. The fraction of sp³-hybridized carbons (Fsp3) is 0. The van der Waals surface area contributed by atoms with Crippen LogP contribution in [0.15, 0.2) is 60.9 Å². The molecule has 23 heavy (non-hydrogen) atoms. The van der Waals surface area contributed by atoms with Crippen molar-refractivity contribution in [1.82, 2.24) is 15.1 Å². The van der Waals surface area contributed by atoms with Gasteiger partial charge in [-0.25, -0.2) is 0 Å². The van der Waals surface area contributed by atoms with E-state index in [4.69, 9.17) is 0 Å². The molecule has 0 atom stereocenters. The topological polar surface area (TPSA) is 65.6 Å². The molecule has 0 aliphatic carbocycles. The fourth-order valence-corrected chi connectivity index (χ4v) is 3.20. The zero-order valence-corrected chi connectivity index (χ0v) is 12.0. The van der Waals surface area contributed by atoms with Gasteiger partial charge in [-0.1, -0.05) is 12.1 Å². The first-order valence-corrected chi connectivity index (χ1v) is 7.28. The van der Waals surface area contributed by atoms with E-state index in [0.717, 1.165) is 32.6 Å². The van der Waals surface area contributed by atoms with Crippen molar-refractivity contribution in [3.8, 4) is 0 Å². The average Bonchev–Trinajstić information content (AvgIpc) is 2.61. The molecule has 5 heteroatoms. The van der Waals surface area contributed by atoms with Gasteiger partial charge in [-0.2, -0.15) is 0 Å². The minimum absolute atomic E-state index is 0.536. The van der Waals surface area contributed by atoms with Crippen molar-refractivity contribution in [2.24, 2.45) is 0 Å². The summed E-state index contributed by atoms with van der Waals surface area (Å²) >= 11 is 0. The Bertz CT molecular complexity index is 1230. The van der Waals surface area contributed by atoms with E-state index < -0.39 is 0 Å². The SMILES string of the molecule is [O-][n+]1nc2ccc3ncccc3c2c2c3cccnc3ccc21. The minimum Gasteiger partial charge on any atom is -0.594 e. The number of benzene rings is 2. The average molecular weight is 298 g/mol. The summed E-state index contributed by atoms with van der Waals surface area (Å²) in [5.74, 6) is 0. The minimum atomic E-state index is 0.536. The van der Waals surface area contributed by atoms with Crippen molar-refractivity contribution in [2.45, 2.75) is 0 Å². The summed E-state index contributed by atoms with van der Waals surface area (Å²) in [4.78, 5) is 9.50. The van der Waals surface area contributed by atoms with Crippen LogP contribution in [-0.2, 0) is 0 Å². The van der Waals surface area contributed by atoms with Crippen molar-refractivity contribution in [3.05, 3.63) is 66.1 Å². The van der Waals surface area contributed by atoms with Crippen molar-refractivity contribution >= 4 is 43.6 Å². The molecule has 5 rings (SSSR count). The highest BCUT2D eigenvalue weighted by atomic mass is 16.5. The lowest BCUT2D eigenvalue weighted by atomic mass is 10.0. The molecule has 0 unspecified atom stereocenters. The number of hydrogen-bond acceptors (Lipinski definition) is 4. The van der Waals surface area contributed by atoms with Gasteiger partial charge in [0.25, 0.3) is 5.52 Å². The van der Waals surface area contributed by atoms with E-state index in [1.165, 1.54) is 0 Å². The van der Waals surface area contributed by atoms with E-state index in [9.17, 15) is 5.21 Å². The highest BCUT2D eigenvalue weighted by Gasteiger charge is 2.17. The van der Waals surface area contributed by atoms with Gasteiger partial charge in [0, 0.05) is 39.7 Å². The molecule has 108 valence electrons. The Morgan fingerprint density at radius 1 is 0.696 bits per heavy atom. The second-order valence-corrected chi connectivity index (χ2v) is 5.43. The normalized spacial score (nSPS) is 11.7. The molecule has 0 saturated heterocycles. The molecule has 0 aliphatic heterocycles. The number of rotatable bonds is 0. The van der Waals surface area contributed by atoms with Crippen LogP contribution in [0.5, 0.6) is 0 Å².